The maximum Gasteiger partial charge on any atom is 0.259 e. The van der Waals surface area contributed by atoms with E-state index in [9.17, 15) is 9.18 Å². The molecule has 2 N–H and O–H groups in total. The van der Waals surface area contributed by atoms with Gasteiger partial charge in [0.1, 0.15) is 11.6 Å². The molecule has 1 fully saturated rings. The van der Waals surface area contributed by atoms with E-state index >= 15 is 0 Å². The van der Waals surface area contributed by atoms with Gasteiger partial charge in [0.15, 0.2) is 5.65 Å². The fraction of sp³-hybridized carbons (Fsp3) is 0.350. The minimum absolute atomic E-state index is 0. The first-order valence-corrected chi connectivity index (χ1v) is 9.23. The number of piperazine rings is 1. The Balaban J connectivity index is 0.00000240. The number of hydrogen-bond donors (Lipinski definition) is 2. The summed E-state index contributed by atoms with van der Waals surface area (Å²) >= 11 is 0. The fourth-order valence-corrected chi connectivity index (χ4v) is 3.52. The highest BCUT2D eigenvalue weighted by Crippen LogP contribution is 2.23. The number of aromatic nitrogens is 3. The van der Waals surface area contributed by atoms with E-state index in [1.165, 1.54) is 12.1 Å². The van der Waals surface area contributed by atoms with Crippen LogP contribution in [-0.2, 0) is 0 Å². The standard InChI is InChI=1S/C20H23FN6O.ClH/c1-13-10-27-11-17(22-9-18(27)24-13)25-19(28)15-5-4-14(8-16(15)21)26-7-6-23-20(2,3)12-26;/h4-5,8-11,23H,6-7,12H2,1-3H3,(H,25,28);1H. The predicted molar refractivity (Wildman–Crippen MR) is 114 cm³/mol. The number of nitrogens with one attached hydrogen (secondary N) is 2. The third kappa shape index (κ3) is 4.49. The molecule has 0 saturated carbocycles. The topological polar surface area (TPSA) is 74.6 Å². The minimum atomic E-state index is -0.550. The average molecular weight is 419 g/mol. The summed E-state index contributed by atoms with van der Waals surface area (Å²) in [5, 5.41) is 6.08. The van der Waals surface area contributed by atoms with Crippen LogP contribution in [0.15, 0.2) is 36.8 Å². The van der Waals surface area contributed by atoms with Crippen LogP contribution < -0.4 is 15.5 Å². The summed E-state index contributed by atoms with van der Waals surface area (Å²) in [6.07, 6.45) is 5.05. The van der Waals surface area contributed by atoms with Crippen molar-refractivity contribution in [3.05, 3.63) is 53.9 Å². The smallest absolute Gasteiger partial charge is 0.259 e. The van der Waals surface area contributed by atoms with Gasteiger partial charge in [0.2, 0.25) is 0 Å². The van der Waals surface area contributed by atoms with Crippen molar-refractivity contribution in [1.82, 2.24) is 19.7 Å². The number of anilines is 2. The number of nitrogens with zero attached hydrogens (tertiary/aromatic N) is 4. The Labute approximate surface area is 174 Å². The van der Waals surface area contributed by atoms with E-state index in [0.29, 0.717) is 11.5 Å². The molecule has 1 saturated heterocycles. The van der Waals surface area contributed by atoms with Gasteiger partial charge in [-0.2, -0.15) is 0 Å². The van der Waals surface area contributed by atoms with Crippen molar-refractivity contribution in [2.75, 3.05) is 29.9 Å². The SMILES string of the molecule is Cc1cn2cc(NC(=O)c3ccc(N4CCNC(C)(C)C4)cc3F)ncc2n1.Cl. The second-order valence-corrected chi connectivity index (χ2v) is 7.77. The van der Waals surface area contributed by atoms with Crippen LogP contribution in [0.3, 0.4) is 0 Å². The zero-order valence-corrected chi connectivity index (χ0v) is 17.4. The molecule has 0 unspecified atom stereocenters. The lowest BCUT2D eigenvalue weighted by Gasteiger charge is -2.40. The Morgan fingerprint density at radius 1 is 1.31 bits per heavy atom. The van der Waals surface area contributed by atoms with Gasteiger partial charge in [-0.25, -0.2) is 14.4 Å². The number of carbonyl (C=O) groups is 1. The molecule has 9 heteroatoms. The normalized spacial score (nSPS) is 15.8. The molecule has 3 heterocycles. The summed E-state index contributed by atoms with van der Waals surface area (Å²) in [5.41, 5.74) is 2.26. The fourth-order valence-electron chi connectivity index (χ4n) is 3.52. The molecule has 0 atom stereocenters. The zero-order valence-electron chi connectivity index (χ0n) is 16.6. The molecule has 7 nitrogen and oxygen atoms in total. The van der Waals surface area contributed by atoms with Crippen LogP contribution in [-0.4, -0.2) is 45.4 Å². The van der Waals surface area contributed by atoms with Crippen molar-refractivity contribution in [1.29, 1.82) is 0 Å². The number of amides is 1. The molecule has 1 aromatic carbocycles. The van der Waals surface area contributed by atoms with Crippen LogP contribution in [0, 0.1) is 12.7 Å². The Hall–Kier alpha value is -2.71. The molecule has 154 valence electrons. The molecule has 4 rings (SSSR count). The summed E-state index contributed by atoms with van der Waals surface area (Å²) < 4.78 is 16.4. The van der Waals surface area contributed by atoms with Crippen molar-refractivity contribution >= 4 is 35.5 Å². The van der Waals surface area contributed by atoms with Crippen molar-refractivity contribution in [3.63, 3.8) is 0 Å². The molecule has 0 bridgehead atoms. The third-order valence-electron chi connectivity index (χ3n) is 4.84. The van der Waals surface area contributed by atoms with E-state index in [0.717, 1.165) is 31.0 Å². The first-order chi connectivity index (χ1) is 13.3. The Morgan fingerprint density at radius 3 is 2.83 bits per heavy atom. The second-order valence-electron chi connectivity index (χ2n) is 7.77. The Morgan fingerprint density at radius 2 is 2.10 bits per heavy atom. The van der Waals surface area contributed by atoms with Crippen molar-refractivity contribution < 1.29 is 9.18 Å². The molecule has 29 heavy (non-hydrogen) atoms. The highest BCUT2D eigenvalue weighted by Gasteiger charge is 2.26. The van der Waals surface area contributed by atoms with Gasteiger partial charge in [-0.15, -0.1) is 12.4 Å². The number of aryl methyl sites for hydroxylation is 1. The number of rotatable bonds is 3. The molecule has 1 aliphatic heterocycles. The molecule has 1 amide bonds. The van der Waals surface area contributed by atoms with Crippen LogP contribution in [0.4, 0.5) is 15.9 Å². The zero-order chi connectivity index (χ0) is 19.9. The van der Waals surface area contributed by atoms with Gasteiger partial charge < -0.3 is 19.9 Å². The number of fused-ring (bicyclic) bond motifs is 1. The van der Waals surface area contributed by atoms with E-state index in [1.54, 1.807) is 22.9 Å². The third-order valence-corrected chi connectivity index (χ3v) is 4.84. The molecule has 0 radical (unpaired) electrons. The summed E-state index contributed by atoms with van der Waals surface area (Å²) in [5.74, 6) is -0.749. The van der Waals surface area contributed by atoms with E-state index < -0.39 is 11.7 Å². The number of imidazole rings is 1. The van der Waals surface area contributed by atoms with E-state index in [2.05, 4.69) is 39.3 Å². The summed E-state index contributed by atoms with van der Waals surface area (Å²) in [4.78, 5) is 23.1. The molecule has 0 spiro atoms. The van der Waals surface area contributed by atoms with Gasteiger partial charge in [0.25, 0.3) is 5.91 Å². The lowest BCUT2D eigenvalue weighted by Crippen LogP contribution is -2.57. The quantitative estimate of drug-likeness (QED) is 0.683. The largest absolute Gasteiger partial charge is 0.368 e. The first kappa shape index (κ1) is 21.0. The Kier molecular flexibility index (Phi) is 5.77. The van der Waals surface area contributed by atoms with Crippen LogP contribution in [0.5, 0.6) is 0 Å². The van der Waals surface area contributed by atoms with Gasteiger partial charge in [-0.05, 0) is 39.0 Å². The molecule has 0 aliphatic carbocycles. The highest BCUT2D eigenvalue weighted by molar-refractivity contribution is 6.04. The van der Waals surface area contributed by atoms with Gasteiger partial charge in [-0.3, -0.25) is 4.79 Å². The van der Waals surface area contributed by atoms with Gasteiger partial charge >= 0.3 is 0 Å². The van der Waals surface area contributed by atoms with Gasteiger partial charge in [0.05, 0.1) is 23.7 Å². The van der Waals surface area contributed by atoms with Crippen LogP contribution in [0.1, 0.15) is 29.9 Å². The number of halogens is 2. The van der Waals surface area contributed by atoms with Crippen LogP contribution in [0.2, 0.25) is 0 Å². The van der Waals surface area contributed by atoms with Crippen LogP contribution >= 0.6 is 12.4 Å². The number of benzene rings is 1. The van der Waals surface area contributed by atoms with E-state index in [1.807, 2.05) is 13.1 Å². The summed E-state index contributed by atoms with van der Waals surface area (Å²) in [6, 6.07) is 4.73. The molecule has 1 aliphatic rings. The average Bonchev–Trinajstić information content (AvgIpc) is 3.00. The summed E-state index contributed by atoms with van der Waals surface area (Å²) in [7, 11) is 0. The Bertz CT molecular complexity index is 1050. The lowest BCUT2D eigenvalue weighted by atomic mass is 10.0. The van der Waals surface area contributed by atoms with Crippen molar-refractivity contribution in [3.8, 4) is 0 Å². The molecular formula is C20H24ClFN6O. The summed E-state index contributed by atoms with van der Waals surface area (Å²) in [6.45, 7) is 8.50. The molecule has 3 aromatic rings. The lowest BCUT2D eigenvalue weighted by molar-refractivity contribution is 0.102. The van der Waals surface area contributed by atoms with Crippen molar-refractivity contribution in [2.24, 2.45) is 0 Å². The highest BCUT2D eigenvalue weighted by atomic mass is 35.5. The maximum absolute atomic E-state index is 14.7. The van der Waals surface area contributed by atoms with Crippen LogP contribution in [0.25, 0.3) is 5.65 Å². The molecular weight excluding hydrogens is 395 g/mol. The monoisotopic (exact) mass is 418 g/mol. The van der Waals surface area contributed by atoms with E-state index in [-0.39, 0.29) is 23.5 Å². The first-order valence-electron chi connectivity index (χ1n) is 9.23. The maximum atomic E-state index is 14.7. The van der Waals surface area contributed by atoms with Gasteiger partial charge in [0, 0.05) is 37.1 Å². The predicted octanol–water partition coefficient (Wildman–Crippen LogP) is 3.04. The van der Waals surface area contributed by atoms with E-state index in [4.69, 9.17) is 0 Å². The number of carbonyl (C=O) groups excluding carboxylic acids is 1. The number of hydrogen-bond acceptors (Lipinski definition) is 5. The van der Waals surface area contributed by atoms with Crippen molar-refractivity contribution in [2.45, 2.75) is 26.3 Å². The second kappa shape index (κ2) is 7.96. The minimum Gasteiger partial charge on any atom is -0.368 e. The molecule has 2 aromatic heterocycles. The van der Waals surface area contributed by atoms with Gasteiger partial charge in [-0.1, -0.05) is 0 Å².